The molecule has 0 spiro atoms. The van der Waals surface area contributed by atoms with Crippen molar-refractivity contribution in [3.63, 3.8) is 0 Å². The Kier molecular flexibility index (Phi) is 4.78. The molecule has 9 nitrogen and oxygen atoms in total. The third-order valence-corrected chi connectivity index (χ3v) is 5.16. The summed E-state index contributed by atoms with van der Waals surface area (Å²) in [5.41, 5.74) is 0.513. The number of imidazole rings is 1. The second-order valence-electron chi connectivity index (χ2n) is 6.93. The number of hydrogen-bond donors (Lipinski definition) is 1. The van der Waals surface area contributed by atoms with Crippen molar-refractivity contribution in [2.45, 2.75) is 12.6 Å². The van der Waals surface area contributed by atoms with Crippen molar-refractivity contribution in [2.24, 2.45) is 14.1 Å². The van der Waals surface area contributed by atoms with Crippen LogP contribution >= 0.6 is 0 Å². The molecule has 3 heterocycles. The van der Waals surface area contributed by atoms with Gasteiger partial charge in [0.05, 0.1) is 25.9 Å². The molecule has 1 saturated heterocycles. The molecule has 0 saturated carbocycles. The Morgan fingerprint density at radius 1 is 1.11 bits per heavy atom. The number of hydrogen-bond acceptors (Lipinski definition) is 6. The first-order chi connectivity index (χ1) is 13.5. The van der Waals surface area contributed by atoms with Gasteiger partial charge >= 0.3 is 5.69 Å². The van der Waals surface area contributed by atoms with Crippen LogP contribution in [0.25, 0.3) is 11.2 Å². The highest BCUT2D eigenvalue weighted by Gasteiger charge is 2.25. The van der Waals surface area contributed by atoms with Gasteiger partial charge in [-0.1, -0.05) is 30.3 Å². The normalized spacial score (nSPS) is 15.9. The van der Waals surface area contributed by atoms with Crippen LogP contribution in [0.4, 0.5) is 5.95 Å². The minimum Gasteiger partial charge on any atom is -0.387 e. The van der Waals surface area contributed by atoms with Gasteiger partial charge in [0.2, 0.25) is 5.95 Å². The van der Waals surface area contributed by atoms with Crippen molar-refractivity contribution >= 4 is 17.1 Å². The number of benzene rings is 1. The summed E-state index contributed by atoms with van der Waals surface area (Å²) >= 11 is 0. The third-order valence-electron chi connectivity index (χ3n) is 5.16. The second kappa shape index (κ2) is 7.25. The van der Waals surface area contributed by atoms with Gasteiger partial charge in [-0.15, -0.1) is 0 Å². The van der Waals surface area contributed by atoms with Crippen molar-refractivity contribution in [1.29, 1.82) is 0 Å². The summed E-state index contributed by atoms with van der Waals surface area (Å²) < 4.78 is 9.58. The molecule has 1 atom stereocenters. The fourth-order valence-electron chi connectivity index (χ4n) is 3.57. The minimum absolute atomic E-state index is 0.153. The zero-order chi connectivity index (χ0) is 19.8. The van der Waals surface area contributed by atoms with E-state index in [2.05, 4.69) is 4.98 Å². The maximum Gasteiger partial charge on any atom is 0.332 e. The predicted molar refractivity (Wildman–Crippen MR) is 105 cm³/mol. The molecule has 0 bridgehead atoms. The summed E-state index contributed by atoms with van der Waals surface area (Å²) in [6.07, 6.45) is -0.819. The molecular weight excluding hydrogens is 362 g/mol. The Bertz CT molecular complexity index is 1110. The Morgan fingerprint density at radius 3 is 2.46 bits per heavy atom. The topological polar surface area (TPSA) is 94.5 Å². The van der Waals surface area contributed by atoms with Crippen molar-refractivity contribution in [3.05, 3.63) is 56.7 Å². The molecule has 1 N–H and O–H groups in total. The van der Waals surface area contributed by atoms with Gasteiger partial charge in [0.15, 0.2) is 11.2 Å². The van der Waals surface area contributed by atoms with Crippen molar-refractivity contribution < 1.29 is 9.84 Å². The van der Waals surface area contributed by atoms with Crippen molar-refractivity contribution in [3.8, 4) is 0 Å². The molecule has 2 aromatic heterocycles. The standard InChI is InChI=1S/C19H23N5O4/c1-21-16-15(17(26)22(2)19(21)27)24(12-14(25)13-6-4-3-5-7-13)18(20-16)23-8-10-28-11-9-23/h3-7,14,25H,8-12H2,1-2H3/t14-/m1/s1. The quantitative estimate of drug-likeness (QED) is 0.680. The number of rotatable bonds is 4. The van der Waals surface area contributed by atoms with E-state index in [0.717, 1.165) is 10.1 Å². The van der Waals surface area contributed by atoms with Crippen LogP contribution in [0.15, 0.2) is 39.9 Å². The monoisotopic (exact) mass is 385 g/mol. The molecule has 0 unspecified atom stereocenters. The van der Waals surface area contributed by atoms with Crippen molar-refractivity contribution in [2.75, 3.05) is 31.2 Å². The molecular formula is C19H23N5O4. The number of aliphatic hydroxyl groups is 1. The number of ether oxygens (including phenoxy) is 1. The summed E-state index contributed by atoms with van der Waals surface area (Å²) in [4.78, 5) is 31.9. The Hall–Kier alpha value is -2.91. The number of fused-ring (bicyclic) bond motifs is 1. The largest absolute Gasteiger partial charge is 0.387 e. The first-order valence-corrected chi connectivity index (χ1v) is 9.21. The molecule has 9 heteroatoms. The second-order valence-corrected chi connectivity index (χ2v) is 6.93. The number of anilines is 1. The van der Waals surface area contributed by atoms with Gasteiger partial charge in [-0.3, -0.25) is 13.9 Å². The van der Waals surface area contributed by atoms with E-state index in [1.807, 2.05) is 35.2 Å². The smallest absolute Gasteiger partial charge is 0.332 e. The maximum absolute atomic E-state index is 12.9. The average Bonchev–Trinajstić information content (AvgIpc) is 3.11. The van der Waals surface area contributed by atoms with E-state index in [1.54, 1.807) is 11.6 Å². The van der Waals surface area contributed by atoms with Crippen LogP contribution in [0, 0.1) is 0 Å². The highest BCUT2D eigenvalue weighted by Crippen LogP contribution is 2.24. The van der Waals surface area contributed by atoms with Gasteiger partial charge in [-0.2, -0.15) is 4.98 Å². The summed E-state index contributed by atoms with van der Waals surface area (Å²) in [6, 6.07) is 9.28. The lowest BCUT2D eigenvalue weighted by atomic mass is 10.1. The van der Waals surface area contributed by atoms with E-state index in [4.69, 9.17) is 4.74 Å². The minimum atomic E-state index is -0.819. The van der Waals surface area contributed by atoms with E-state index in [9.17, 15) is 14.7 Å². The van der Waals surface area contributed by atoms with E-state index < -0.39 is 17.4 Å². The molecule has 0 radical (unpaired) electrons. The summed E-state index contributed by atoms with van der Waals surface area (Å²) in [6.45, 7) is 2.52. The summed E-state index contributed by atoms with van der Waals surface area (Å²) in [5.74, 6) is 0.562. The Labute approximate surface area is 161 Å². The zero-order valence-corrected chi connectivity index (χ0v) is 15.9. The number of aromatic nitrogens is 4. The lowest BCUT2D eigenvalue weighted by Crippen LogP contribution is -2.39. The van der Waals surface area contributed by atoms with Crippen LogP contribution in [0.1, 0.15) is 11.7 Å². The maximum atomic E-state index is 12.9. The lowest BCUT2D eigenvalue weighted by Gasteiger charge is -2.28. The molecule has 1 aliphatic heterocycles. The number of aliphatic hydroxyl groups excluding tert-OH is 1. The highest BCUT2D eigenvalue weighted by molar-refractivity contribution is 5.74. The molecule has 1 aromatic carbocycles. The van der Waals surface area contributed by atoms with Gasteiger partial charge < -0.3 is 19.3 Å². The van der Waals surface area contributed by atoms with Gasteiger partial charge in [-0.05, 0) is 5.56 Å². The fourth-order valence-corrected chi connectivity index (χ4v) is 3.57. The molecule has 4 rings (SSSR count). The molecule has 1 fully saturated rings. The summed E-state index contributed by atoms with van der Waals surface area (Å²) in [5, 5.41) is 10.8. The average molecular weight is 385 g/mol. The number of aryl methyl sites for hydroxylation is 1. The first-order valence-electron chi connectivity index (χ1n) is 9.21. The predicted octanol–water partition coefficient (Wildman–Crippen LogP) is 0.00390. The SMILES string of the molecule is Cn1c(=O)c2c(nc(N3CCOCC3)n2C[C@@H](O)c2ccccc2)n(C)c1=O. The molecule has 1 aliphatic rings. The van der Waals surface area contributed by atoms with Crippen LogP contribution in [0.5, 0.6) is 0 Å². The molecule has 0 aliphatic carbocycles. The lowest BCUT2D eigenvalue weighted by molar-refractivity contribution is 0.120. The van der Waals surface area contributed by atoms with Crippen LogP contribution in [-0.4, -0.2) is 50.1 Å². The van der Waals surface area contributed by atoms with Crippen LogP contribution in [0.2, 0.25) is 0 Å². The number of nitrogens with zero attached hydrogens (tertiary/aromatic N) is 5. The summed E-state index contributed by atoms with van der Waals surface area (Å²) in [7, 11) is 3.04. The van der Waals surface area contributed by atoms with Gasteiger partial charge in [0.25, 0.3) is 5.56 Å². The van der Waals surface area contributed by atoms with E-state index in [-0.39, 0.29) is 6.54 Å². The first kappa shape index (κ1) is 18.5. The van der Waals surface area contributed by atoms with Crippen molar-refractivity contribution in [1.82, 2.24) is 18.7 Å². The van der Waals surface area contributed by atoms with Gasteiger partial charge in [0, 0.05) is 27.2 Å². The molecule has 148 valence electrons. The highest BCUT2D eigenvalue weighted by atomic mass is 16.5. The molecule has 0 amide bonds. The third kappa shape index (κ3) is 3.02. The van der Waals surface area contributed by atoms with Gasteiger partial charge in [0.1, 0.15) is 0 Å². The Balaban J connectivity index is 1.90. The van der Waals surface area contributed by atoms with Crippen LogP contribution in [0.3, 0.4) is 0 Å². The van der Waals surface area contributed by atoms with Crippen LogP contribution < -0.4 is 16.1 Å². The van der Waals surface area contributed by atoms with E-state index in [1.165, 1.54) is 11.6 Å². The molecule has 3 aromatic rings. The number of morpholine rings is 1. The van der Waals surface area contributed by atoms with Gasteiger partial charge in [-0.25, -0.2) is 4.79 Å². The molecule has 28 heavy (non-hydrogen) atoms. The van der Waals surface area contributed by atoms with E-state index in [0.29, 0.717) is 43.4 Å². The fraction of sp³-hybridized carbons (Fsp3) is 0.421. The van der Waals surface area contributed by atoms with E-state index >= 15 is 0 Å². The van der Waals surface area contributed by atoms with Crippen LogP contribution in [-0.2, 0) is 25.4 Å². The zero-order valence-electron chi connectivity index (χ0n) is 15.9. The Morgan fingerprint density at radius 2 is 1.79 bits per heavy atom.